The smallest absolute Gasteiger partial charge is 0.315 e. The summed E-state index contributed by atoms with van der Waals surface area (Å²) in [5, 5.41) is 45.9. The van der Waals surface area contributed by atoms with Crippen LogP contribution in [0.2, 0.25) is 0 Å². The fraction of sp³-hybridized carbons (Fsp3) is 0.435. The Morgan fingerprint density at radius 1 is 1.08 bits per heavy atom. The minimum atomic E-state index is -2.01. The number of likely N-dealkylation sites (N-methyl/N-ethyl adjacent to an activating group) is 1. The Bertz CT molecular complexity index is 2590. The predicted octanol–water partition coefficient (Wildman–Crippen LogP) is 5.74. The Morgan fingerprint density at radius 3 is 2.46 bits per heavy atom. The van der Waals surface area contributed by atoms with Crippen LogP contribution in [0.4, 0.5) is 5.69 Å². The van der Waals surface area contributed by atoms with Crippen molar-refractivity contribution in [3.05, 3.63) is 103 Å². The number of aryl methyl sites for hydroxylation is 1. The zero-order chi connectivity index (χ0) is 45.4. The van der Waals surface area contributed by atoms with E-state index in [0.717, 1.165) is 51.8 Å². The number of aromatic hydroxyl groups is 2. The van der Waals surface area contributed by atoms with Crippen LogP contribution in [0.15, 0.2) is 65.3 Å². The number of carbonyl (C=O) groups is 4. The van der Waals surface area contributed by atoms with Gasteiger partial charge in [0.2, 0.25) is 23.3 Å². The molecule has 1 aliphatic carbocycles. The molecule has 4 aliphatic heterocycles. The second-order valence-corrected chi connectivity index (χ2v) is 18.8. The molecule has 0 bridgehead atoms. The number of benzene rings is 3. The van der Waals surface area contributed by atoms with E-state index in [2.05, 4.69) is 43.3 Å². The van der Waals surface area contributed by atoms with Crippen molar-refractivity contribution in [2.24, 2.45) is 17.8 Å². The summed E-state index contributed by atoms with van der Waals surface area (Å²) in [6.45, 7) is 10.4. The molecule has 3 fully saturated rings. The van der Waals surface area contributed by atoms with Crippen molar-refractivity contribution in [3.8, 4) is 11.5 Å². The number of phenolic OH excluding ortho intramolecular Hbond substituents is 2. The number of nitrogens with zero attached hydrogens (tertiary/aromatic N) is 4. The molecule has 4 aromatic rings. The summed E-state index contributed by atoms with van der Waals surface area (Å²) in [5.74, 6) is -6.03. The molecule has 0 unspecified atom stereocenters. The zero-order valence-corrected chi connectivity index (χ0v) is 37.4. The number of rotatable bonds is 8. The van der Waals surface area contributed by atoms with Gasteiger partial charge in [-0.25, -0.2) is 0 Å². The molecule has 16 nitrogen and oxygen atoms in total. The molecule has 332 valence electrons. The van der Waals surface area contributed by atoms with Gasteiger partial charge in [-0.1, -0.05) is 75.7 Å². The van der Waals surface area contributed by atoms with Crippen molar-refractivity contribution in [2.45, 2.75) is 90.1 Å². The highest BCUT2D eigenvalue weighted by Crippen LogP contribution is 2.49. The van der Waals surface area contributed by atoms with Gasteiger partial charge in [0, 0.05) is 53.1 Å². The monoisotopic (exact) mass is 926 g/mol. The van der Waals surface area contributed by atoms with Gasteiger partial charge in [-0.2, -0.15) is 0 Å². The van der Waals surface area contributed by atoms with Crippen LogP contribution in [0.1, 0.15) is 79.6 Å². The van der Waals surface area contributed by atoms with Gasteiger partial charge in [0.05, 0.1) is 15.4 Å². The number of carbonyl (C=O) groups excluding carboxylic acids is 4. The summed E-state index contributed by atoms with van der Waals surface area (Å²) in [5.41, 5.74) is 3.22. The molecule has 3 aromatic carbocycles. The number of aromatic amines is 1. The zero-order valence-electron chi connectivity index (χ0n) is 35.8. The van der Waals surface area contributed by atoms with Gasteiger partial charge in [-0.05, 0) is 90.3 Å². The number of hydrogen-bond donors (Lipinski definition) is 5. The van der Waals surface area contributed by atoms with Crippen LogP contribution in [0, 0.1) is 34.8 Å². The molecule has 63 heavy (non-hydrogen) atoms. The lowest BCUT2D eigenvalue weighted by molar-refractivity contribution is -0.386. The SMILES string of the molecule is CC(C)C[C@H]1C(=O)N2CCC[C@H]2[C@]2(O)O[C@](NC(=O)[C@@H]3C=C4c5cccc6[nH]c(Br)c(c56)C[C@H]4N(C)C3)(C(C)C)C(=O)N12.Cc1ccc(C(=O)c2cc(O)c(O)c([N+](=O)[O-])c2)cc1. The molecule has 0 radical (unpaired) electrons. The summed E-state index contributed by atoms with van der Waals surface area (Å²) < 4.78 is 7.43. The number of ketones is 1. The number of hydrogen-bond acceptors (Lipinski definition) is 11. The maximum atomic E-state index is 14.4. The fourth-order valence-corrected chi connectivity index (χ4v) is 10.5. The maximum Gasteiger partial charge on any atom is 0.315 e. The number of nitro groups is 1. The van der Waals surface area contributed by atoms with Crippen molar-refractivity contribution in [1.82, 2.24) is 25.0 Å². The number of ether oxygens (including phenoxy) is 1. The standard InChI is InChI=1S/C32H40BrN5O5.C14H11NO5/c1-16(2)12-24-29(40)37-11-7-10-25(37)32(42)38(24)30(41)31(43-32,17(3)4)35-28(39)18-13-20-19-8-6-9-22-26(19)21(27(33)34-22)14-23(20)36(5)15-18;1-8-2-4-9(5-3-8)13(17)10-6-11(15(19)20)14(18)12(16)7-10/h6,8-9,13,16-18,23-25,34,42H,7,10-12,14-15H2,1-5H3,(H,35,39);2-7,16,18H,1H3/t18-,23-,24+,25+,31-,32+;/m1./s1. The topological polar surface area (TPSA) is 219 Å². The number of halogens is 1. The molecule has 5 heterocycles. The van der Waals surface area contributed by atoms with E-state index in [1.807, 2.05) is 40.0 Å². The quantitative estimate of drug-likeness (QED) is 0.0621. The summed E-state index contributed by atoms with van der Waals surface area (Å²) in [7, 11) is 2.03. The second-order valence-electron chi connectivity index (χ2n) is 18.0. The largest absolute Gasteiger partial charge is 0.504 e. The van der Waals surface area contributed by atoms with E-state index in [0.29, 0.717) is 31.5 Å². The van der Waals surface area contributed by atoms with Gasteiger partial charge in [-0.3, -0.25) is 43.8 Å². The molecule has 6 atom stereocenters. The van der Waals surface area contributed by atoms with Gasteiger partial charge in [0.1, 0.15) is 12.1 Å². The Balaban J connectivity index is 0.000000229. The first-order valence-corrected chi connectivity index (χ1v) is 22.0. The molecule has 0 saturated carbocycles. The van der Waals surface area contributed by atoms with E-state index < -0.39 is 69.4 Å². The first-order valence-electron chi connectivity index (χ1n) is 21.2. The van der Waals surface area contributed by atoms with Gasteiger partial charge >= 0.3 is 5.69 Å². The Kier molecular flexibility index (Phi) is 11.3. The van der Waals surface area contributed by atoms with Crippen molar-refractivity contribution >= 4 is 61.6 Å². The van der Waals surface area contributed by atoms with Crippen LogP contribution in [0.3, 0.4) is 0 Å². The normalized spacial score (nSPS) is 26.3. The number of H-pyrrole nitrogens is 1. The third-order valence-electron chi connectivity index (χ3n) is 13.1. The molecule has 3 saturated heterocycles. The van der Waals surface area contributed by atoms with Gasteiger partial charge in [0.25, 0.3) is 11.8 Å². The Labute approximate surface area is 372 Å². The lowest BCUT2D eigenvalue weighted by Crippen LogP contribution is -2.71. The first kappa shape index (κ1) is 44.0. The lowest BCUT2D eigenvalue weighted by atomic mass is 9.79. The van der Waals surface area contributed by atoms with Crippen LogP contribution in [0.25, 0.3) is 16.5 Å². The van der Waals surface area contributed by atoms with Crippen LogP contribution in [0.5, 0.6) is 11.5 Å². The van der Waals surface area contributed by atoms with Crippen molar-refractivity contribution < 1.29 is 44.2 Å². The van der Waals surface area contributed by atoms with Crippen molar-refractivity contribution in [2.75, 3.05) is 20.1 Å². The van der Waals surface area contributed by atoms with E-state index >= 15 is 0 Å². The molecule has 5 aliphatic rings. The van der Waals surface area contributed by atoms with Gasteiger partial charge in [-0.15, -0.1) is 0 Å². The molecule has 1 aromatic heterocycles. The first-order chi connectivity index (χ1) is 29.8. The van der Waals surface area contributed by atoms with E-state index in [1.54, 1.807) is 43.0 Å². The maximum absolute atomic E-state index is 14.4. The number of aliphatic hydroxyl groups is 1. The predicted molar refractivity (Wildman–Crippen MR) is 235 cm³/mol. The van der Waals surface area contributed by atoms with Gasteiger partial charge < -0.3 is 30.5 Å². The number of phenols is 2. The highest BCUT2D eigenvalue weighted by molar-refractivity contribution is 9.10. The summed E-state index contributed by atoms with van der Waals surface area (Å²) in [6.07, 6.45) is 4.49. The number of nitrogens with one attached hydrogen (secondary N) is 2. The average Bonchev–Trinajstić information content (AvgIpc) is 3.92. The number of fused-ring (bicyclic) bond motifs is 5. The third-order valence-corrected chi connectivity index (χ3v) is 13.8. The minimum absolute atomic E-state index is 0.0594. The van der Waals surface area contributed by atoms with Crippen LogP contribution in [-0.4, -0.2) is 113 Å². The Morgan fingerprint density at radius 2 is 1.79 bits per heavy atom. The van der Waals surface area contributed by atoms with E-state index in [-0.39, 0.29) is 29.3 Å². The second kappa shape index (κ2) is 16.2. The molecule has 5 N–H and O–H groups in total. The van der Waals surface area contributed by atoms with Crippen molar-refractivity contribution in [3.63, 3.8) is 0 Å². The highest BCUT2D eigenvalue weighted by atomic mass is 79.9. The van der Waals surface area contributed by atoms with Crippen LogP contribution >= 0.6 is 15.9 Å². The van der Waals surface area contributed by atoms with Crippen LogP contribution in [-0.2, 0) is 25.5 Å². The molecule has 0 spiro atoms. The molecule has 17 heteroatoms. The van der Waals surface area contributed by atoms with Crippen LogP contribution < -0.4 is 5.32 Å². The number of piperazine rings is 1. The summed E-state index contributed by atoms with van der Waals surface area (Å²) >= 11 is 3.70. The van der Waals surface area contributed by atoms with E-state index in [9.17, 15) is 44.6 Å². The molecular weight excluding hydrogens is 876 g/mol. The minimum Gasteiger partial charge on any atom is -0.504 e. The summed E-state index contributed by atoms with van der Waals surface area (Å²) in [4.78, 5) is 72.9. The number of amides is 3. The number of aromatic nitrogens is 1. The van der Waals surface area contributed by atoms with E-state index in [4.69, 9.17) is 4.74 Å². The average molecular weight is 928 g/mol. The summed E-state index contributed by atoms with van der Waals surface area (Å²) in [6, 6.07) is 13.4. The molecule has 9 rings (SSSR count). The fourth-order valence-electron chi connectivity index (χ4n) is 9.89. The molecular formula is C46H51BrN6O10. The number of nitro benzene ring substituents is 1. The molecule has 3 amide bonds. The lowest BCUT2D eigenvalue weighted by Gasteiger charge is -2.49. The van der Waals surface area contributed by atoms with Crippen molar-refractivity contribution in [1.29, 1.82) is 0 Å². The highest BCUT2D eigenvalue weighted by Gasteiger charge is 2.72. The Hall–Kier alpha value is -5.62. The van der Waals surface area contributed by atoms with Gasteiger partial charge in [0.15, 0.2) is 11.5 Å². The third kappa shape index (κ3) is 7.28. The van der Waals surface area contributed by atoms with E-state index in [1.165, 1.54) is 15.8 Å².